The Kier molecular flexibility index (Phi) is 6.62. The number of benzene rings is 3. The summed E-state index contributed by atoms with van der Waals surface area (Å²) in [4.78, 5) is 15.9. The minimum absolute atomic E-state index is 0.143. The number of piperidine rings is 1. The Morgan fingerprint density at radius 3 is 2.45 bits per heavy atom. The van der Waals surface area contributed by atoms with E-state index >= 15 is 0 Å². The predicted octanol–water partition coefficient (Wildman–Crippen LogP) is 6.50. The second kappa shape index (κ2) is 10.1. The first-order valence-corrected chi connectivity index (χ1v) is 13.9. The predicted molar refractivity (Wildman–Crippen MR) is 153 cm³/mol. The Balaban J connectivity index is 1.26. The molecule has 0 radical (unpaired) electrons. The summed E-state index contributed by atoms with van der Waals surface area (Å²) in [5.74, 6) is 0.0276. The molecule has 38 heavy (non-hydrogen) atoms. The van der Waals surface area contributed by atoms with Crippen LogP contribution in [0.25, 0.3) is 22.2 Å². The summed E-state index contributed by atoms with van der Waals surface area (Å²) < 4.78 is 0. The number of nitrogens with one attached hydrogen (secondary N) is 2. The second-order valence-electron chi connectivity index (χ2n) is 11.0. The molecule has 2 bridgehead atoms. The lowest BCUT2D eigenvalue weighted by Crippen LogP contribution is -2.44. The Morgan fingerprint density at radius 1 is 1.05 bits per heavy atom. The minimum atomic E-state index is -0.200. The number of rotatable bonds is 6. The van der Waals surface area contributed by atoms with Crippen molar-refractivity contribution < 1.29 is 9.90 Å². The van der Waals surface area contributed by atoms with Gasteiger partial charge in [-0.3, -0.25) is 9.89 Å². The Hall–Kier alpha value is -3.35. The molecule has 1 amide bonds. The number of carbonyl (C=O) groups excluding carboxylic acids is 1. The average molecular weight is 529 g/mol. The van der Waals surface area contributed by atoms with Gasteiger partial charge >= 0.3 is 0 Å². The molecule has 2 aliphatic heterocycles. The molecule has 1 aromatic heterocycles. The van der Waals surface area contributed by atoms with Crippen LogP contribution in [0.15, 0.2) is 66.7 Å². The molecule has 0 spiro atoms. The van der Waals surface area contributed by atoms with Gasteiger partial charge in [-0.25, -0.2) is 0 Å². The number of nitrogens with zero attached hydrogens (tertiary/aromatic N) is 2. The third kappa shape index (κ3) is 4.56. The quantitative estimate of drug-likeness (QED) is 0.267. The fourth-order valence-electron chi connectivity index (χ4n) is 6.29. The fraction of sp³-hybridized carbons (Fsp3) is 0.355. The maximum Gasteiger partial charge on any atom is 0.251 e. The lowest BCUT2D eigenvalue weighted by molar-refractivity contribution is 0.0925. The lowest BCUT2D eigenvalue weighted by atomic mass is 9.95. The molecule has 0 aliphatic carbocycles. The van der Waals surface area contributed by atoms with E-state index in [2.05, 4.69) is 58.5 Å². The second-order valence-corrected chi connectivity index (χ2v) is 11.4. The van der Waals surface area contributed by atoms with Gasteiger partial charge in [0.25, 0.3) is 5.91 Å². The lowest BCUT2D eigenvalue weighted by Gasteiger charge is -2.39. The molecule has 196 valence electrons. The maximum absolute atomic E-state index is 13.4. The zero-order valence-corrected chi connectivity index (χ0v) is 22.4. The van der Waals surface area contributed by atoms with Crippen LogP contribution in [0.1, 0.15) is 61.5 Å². The molecule has 2 fully saturated rings. The molecule has 3 heterocycles. The van der Waals surface area contributed by atoms with Gasteiger partial charge in [0.05, 0.1) is 23.4 Å². The zero-order valence-electron chi connectivity index (χ0n) is 21.7. The van der Waals surface area contributed by atoms with Crippen molar-refractivity contribution in [3.63, 3.8) is 0 Å². The molecule has 2 aliphatic rings. The number of fused-ring (bicyclic) bond motifs is 3. The largest absolute Gasteiger partial charge is 0.393 e. The van der Waals surface area contributed by atoms with Crippen LogP contribution in [0.3, 0.4) is 0 Å². The van der Waals surface area contributed by atoms with E-state index in [0.29, 0.717) is 22.7 Å². The molecule has 6 nitrogen and oxygen atoms in total. The molecule has 2 saturated heterocycles. The fourth-order valence-corrected chi connectivity index (χ4v) is 6.55. The van der Waals surface area contributed by atoms with Crippen LogP contribution in [0.5, 0.6) is 0 Å². The van der Waals surface area contributed by atoms with E-state index in [9.17, 15) is 9.90 Å². The monoisotopic (exact) mass is 528 g/mol. The van der Waals surface area contributed by atoms with Gasteiger partial charge in [-0.15, -0.1) is 0 Å². The summed E-state index contributed by atoms with van der Waals surface area (Å²) in [7, 11) is 0. The van der Waals surface area contributed by atoms with E-state index in [-0.39, 0.29) is 24.0 Å². The third-order valence-corrected chi connectivity index (χ3v) is 8.51. The highest BCUT2D eigenvalue weighted by Gasteiger charge is 2.40. The van der Waals surface area contributed by atoms with Gasteiger partial charge in [-0.05, 0) is 73.6 Å². The van der Waals surface area contributed by atoms with E-state index < -0.39 is 0 Å². The first-order chi connectivity index (χ1) is 18.4. The molecule has 3 aromatic carbocycles. The summed E-state index contributed by atoms with van der Waals surface area (Å²) in [6.45, 7) is 4.15. The van der Waals surface area contributed by atoms with Gasteiger partial charge in [0.1, 0.15) is 0 Å². The molecular weight excluding hydrogens is 496 g/mol. The van der Waals surface area contributed by atoms with Crippen molar-refractivity contribution in [1.82, 2.24) is 15.5 Å². The molecule has 3 N–H and O–H groups in total. The normalized spacial score (nSPS) is 21.7. The third-order valence-electron chi connectivity index (χ3n) is 8.17. The number of aliphatic hydroxyl groups is 1. The number of hydrogen-bond donors (Lipinski definition) is 3. The molecule has 6 rings (SSSR count). The van der Waals surface area contributed by atoms with Gasteiger partial charge in [0.15, 0.2) is 0 Å². The van der Waals surface area contributed by atoms with Crippen molar-refractivity contribution in [2.75, 3.05) is 4.90 Å². The number of aliphatic hydroxyl groups excluding tert-OH is 1. The van der Waals surface area contributed by atoms with Crippen LogP contribution in [0, 0.1) is 5.92 Å². The SMILES string of the molecule is CC(C)[C@H](NC(=O)c1ccc2[nH]nc(-c3ccc(N4[C@H]5CC[C@H]4CC(O)C5)cc3)c2c1)c1ccccc1Cl. The smallest absolute Gasteiger partial charge is 0.251 e. The zero-order chi connectivity index (χ0) is 26.4. The topological polar surface area (TPSA) is 81.2 Å². The van der Waals surface area contributed by atoms with Crippen molar-refractivity contribution in [1.29, 1.82) is 0 Å². The number of anilines is 1. The van der Waals surface area contributed by atoms with E-state index in [1.165, 1.54) is 5.69 Å². The van der Waals surface area contributed by atoms with Crippen molar-refractivity contribution >= 4 is 34.1 Å². The van der Waals surface area contributed by atoms with Crippen LogP contribution in [0.2, 0.25) is 5.02 Å². The molecule has 0 saturated carbocycles. The van der Waals surface area contributed by atoms with Crippen LogP contribution in [-0.4, -0.2) is 39.4 Å². The summed E-state index contributed by atoms with van der Waals surface area (Å²) in [6.07, 6.45) is 3.81. The summed E-state index contributed by atoms with van der Waals surface area (Å²) in [6, 6.07) is 22.5. The number of halogens is 1. The van der Waals surface area contributed by atoms with Gasteiger partial charge in [-0.2, -0.15) is 5.10 Å². The van der Waals surface area contributed by atoms with Crippen LogP contribution >= 0.6 is 11.6 Å². The van der Waals surface area contributed by atoms with Gasteiger partial charge < -0.3 is 15.3 Å². The summed E-state index contributed by atoms with van der Waals surface area (Å²) in [5.41, 5.74) is 5.41. The summed E-state index contributed by atoms with van der Waals surface area (Å²) in [5, 5.41) is 22.6. The first-order valence-electron chi connectivity index (χ1n) is 13.5. The minimum Gasteiger partial charge on any atom is -0.393 e. The van der Waals surface area contributed by atoms with Crippen LogP contribution in [-0.2, 0) is 0 Å². The molecule has 0 unspecified atom stereocenters. The standard InChI is InChI=1S/C31H33ClN4O2/c1-18(2)29(25-5-3-4-6-27(25)32)33-31(38)20-9-14-28-26(15-20)30(35-34-28)19-7-10-21(11-8-19)36-22-12-13-23(36)17-24(37)16-22/h3-11,14-15,18,22-24,29,37H,12-13,16-17H2,1-2H3,(H,33,38)(H,34,35)/t22-,23-,29-/m0/s1. The van der Waals surface area contributed by atoms with Gasteiger partial charge in [0.2, 0.25) is 0 Å². The first kappa shape index (κ1) is 25.0. The Labute approximate surface area is 228 Å². The number of aromatic nitrogens is 2. The highest BCUT2D eigenvalue weighted by molar-refractivity contribution is 6.31. The van der Waals surface area contributed by atoms with Crippen LogP contribution < -0.4 is 10.2 Å². The van der Waals surface area contributed by atoms with Crippen LogP contribution in [0.4, 0.5) is 5.69 Å². The van der Waals surface area contributed by atoms with Crippen molar-refractivity contribution in [3.8, 4) is 11.3 Å². The van der Waals surface area contributed by atoms with E-state index in [0.717, 1.165) is 53.4 Å². The van der Waals surface area contributed by atoms with E-state index in [4.69, 9.17) is 11.6 Å². The maximum atomic E-state index is 13.4. The Morgan fingerprint density at radius 2 is 1.76 bits per heavy atom. The molecular formula is C31H33ClN4O2. The average Bonchev–Trinajstić information content (AvgIpc) is 3.45. The van der Waals surface area contributed by atoms with Crippen molar-refractivity contribution in [2.24, 2.45) is 5.92 Å². The van der Waals surface area contributed by atoms with Crippen molar-refractivity contribution in [3.05, 3.63) is 82.9 Å². The highest BCUT2D eigenvalue weighted by Crippen LogP contribution is 2.40. The van der Waals surface area contributed by atoms with Gasteiger partial charge in [-0.1, -0.05) is 55.8 Å². The number of carbonyl (C=O) groups is 1. The Bertz CT molecular complexity index is 1450. The molecule has 7 heteroatoms. The van der Waals surface area contributed by atoms with E-state index in [1.54, 1.807) is 0 Å². The van der Waals surface area contributed by atoms with E-state index in [1.807, 2.05) is 42.5 Å². The number of aromatic amines is 1. The number of amides is 1. The summed E-state index contributed by atoms with van der Waals surface area (Å²) >= 11 is 6.45. The van der Waals surface area contributed by atoms with Crippen molar-refractivity contribution in [2.45, 2.75) is 63.8 Å². The van der Waals surface area contributed by atoms with Gasteiger partial charge in [0, 0.05) is 39.3 Å². The number of hydrogen-bond acceptors (Lipinski definition) is 4. The molecule has 3 atom stereocenters. The highest BCUT2D eigenvalue weighted by atomic mass is 35.5. The number of H-pyrrole nitrogens is 1. The molecule has 4 aromatic rings.